The monoisotopic (exact) mass is 454 g/mol. The Hall–Kier alpha value is -1.87. The fourth-order valence-electron chi connectivity index (χ4n) is 2.13. The van der Waals surface area contributed by atoms with Gasteiger partial charge < -0.3 is 14.9 Å². The van der Waals surface area contributed by atoms with Gasteiger partial charge in [-0.2, -0.15) is 5.10 Å². The van der Waals surface area contributed by atoms with Gasteiger partial charge in [0.1, 0.15) is 6.61 Å². The Morgan fingerprint density at radius 1 is 1.27 bits per heavy atom. The minimum atomic E-state index is 0.159. The summed E-state index contributed by atoms with van der Waals surface area (Å²) in [6, 6.07) is 9.06. The van der Waals surface area contributed by atoms with E-state index in [-0.39, 0.29) is 6.61 Å². The molecule has 0 saturated heterocycles. The Morgan fingerprint density at radius 3 is 2.65 bits per heavy atom. The average molecular weight is 456 g/mol. The molecule has 136 valence electrons. The van der Waals surface area contributed by atoms with Crippen LogP contribution < -0.4 is 14.9 Å². The highest BCUT2D eigenvalue weighted by Gasteiger charge is 2.11. The first kappa shape index (κ1) is 20.4. The average Bonchev–Trinajstić information content (AvgIpc) is 2.60. The molecule has 0 radical (unpaired) electrons. The van der Waals surface area contributed by atoms with Crippen molar-refractivity contribution in [1.29, 1.82) is 0 Å². The van der Waals surface area contributed by atoms with Crippen molar-refractivity contribution >= 4 is 45.3 Å². The van der Waals surface area contributed by atoms with E-state index in [1.807, 2.05) is 19.1 Å². The van der Waals surface area contributed by atoms with Crippen LogP contribution in [0.15, 0.2) is 39.9 Å². The maximum absolute atomic E-state index is 6.13. The first-order chi connectivity index (χ1) is 12.6. The molecule has 0 saturated carbocycles. The zero-order valence-electron chi connectivity index (χ0n) is 14.1. The van der Waals surface area contributed by atoms with Crippen LogP contribution in [0.3, 0.4) is 0 Å². The van der Waals surface area contributed by atoms with Crippen LogP contribution in [0.25, 0.3) is 0 Å². The van der Waals surface area contributed by atoms with Gasteiger partial charge in [-0.3, -0.25) is 0 Å². The second-order valence-electron chi connectivity index (χ2n) is 5.05. The highest BCUT2D eigenvalue weighted by Crippen LogP contribution is 2.36. The van der Waals surface area contributed by atoms with Crippen LogP contribution in [-0.2, 0) is 6.54 Å². The Labute approximate surface area is 171 Å². The van der Waals surface area contributed by atoms with Crippen LogP contribution >= 0.6 is 39.1 Å². The van der Waals surface area contributed by atoms with Gasteiger partial charge in [-0.25, -0.2) is 0 Å². The summed E-state index contributed by atoms with van der Waals surface area (Å²) >= 11 is 15.7. The highest BCUT2D eigenvalue weighted by atomic mass is 79.9. The Balaban J connectivity index is 2.11. The van der Waals surface area contributed by atoms with Gasteiger partial charge in [-0.15, -0.1) is 6.42 Å². The Kier molecular flexibility index (Phi) is 8.11. The fraction of sp³-hybridized carbons (Fsp3) is 0.211. The molecule has 0 aliphatic heterocycles. The molecule has 2 aromatic rings. The maximum Gasteiger partial charge on any atom is 0.176 e. The van der Waals surface area contributed by atoms with Gasteiger partial charge in [0.2, 0.25) is 0 Å². The number of rotatable bonds is 8. The van der Waals surface area contributed by atoms with Gasteiger partial charge in [0, 0.05) is 15.6 Å². The normalized spacial score (nSPS) is 10.6. The number of nitrogens with zero attached hydrogens (tertiary/aromatic N) is 1. The van der Waals surface area contributed by atoms with Crippen molar-refractivity contribution in [2.24, 2.45) is 5.10 Å². The molecular weight excluding hydrogens is 439 g/mol. The summed E-state index contributed by atoms with van der Waals surface area (Å²) in [7, 11) is 0. The highest BCUT2D eigenvalue weighted by molar-refractivity contribution is 9.10. The number of benzene rings is 2. The molecule has 7 heteroatoms. The molecule has 2 aromatic carbocycles. The molecule has 1 N–H and O–H groups in total. The predicted molar refractivity (Wildman–Crippen MR) is 111 cm³/mol. The summed E-state index contributed by atoms with van der Waals surface area (Å²) in [6.07, 6.45) is 6.92. The molecular formula is C19H17BrCl2N2O2. The van der Waals surface area contributed by atoms with Crippen LogP contribution in [-0.4, -0.2) is 19.4 Å². The number of hydrogen-bond donors (Lipinski definition) is 1. The van der Waals surface area contributed by atoms with E-state index in [9.17, 15) is 0 Å². The molecule has 0 spiro atoms. The molecule has 2 rings (SSSR count). The standard InChI is InChI=1S/C19H17BrCl2N2O2/c1-3-8-26-19-15(20)9-13(10-18(19)25-4-2)11-23-24-12-14-16(21)6-5-7-17(14)22/h1,5-7,9-11,24H,4,8,12H2,2H3/b23-11-. The SMILES string of the molecule is C#CCOc1c(Br)cc(/C=N\NCc2c(Cl)cccc2Cl)cc1OCC. The van der Waals surface area contributed by atoms with E-state index >= 15 is 0 Å². The predicted octanol–water partition coefficient (Wildman–Crippen LogP) is 5.29. The lowest BCUT2D eigenvalue weighted by Crippen LogP contribution is -2.07. The minimum Gasteiger partial charge on any atom is -0.490 e. The van der Waals surface area contributed by atoms with Crippen molar-refractivity contribution in [3.8, 4) is 23.8 Å². The van der Waals surface area contributed by atoms with E-state index in [4.69, 9.17) is 39.1 Å². The molecule has 0 unspecified atom stereocenters. The van der Waals surface area contributed by atoms with Gasteiger partial charge in [0.25, 0.3) is 0 Å². The van der Waals surface area contributed by atoms with Gasteiger partial charge in [-0.05, 0) is 52.7 Å². The second kappa shape index (κ2) is 10.3. The van der Waals surface area contributed by atoms with Crippen molar-refractivity contribution in [2.45, 2.75) is 13.5 Å². The third-order valence-corrected chi connectivity index (χ3v) is 4.55. The van der Waals surface area contributed by atoms with Gasteiger partial charge >= 0.3 is 0 Å². The number of ether oxygens (including phenoxy) is 2. The molecule has 4 nitrogen and oxygen atoms in total. The third kappa shape index (κ3) is 5.57. The molecule has 0 bridgehead atoms. The first-order valence-corrected chi connectivity index (χ1v) is 9.33. The molecule has 0 atom stereocenters. The molecule has 0 aromatic heterocycles. The van der Waals surface area contributed by atoms with E-state index in [0.29, 0.717) is 34.7 Å². The lowest BCUT2D eigenvalue weighted by Gasteiger charge is -2.13. The lowest BCUT2D eigenvalue weighted by atomic mass is 10.2. The molecule has 0 aliphatic carbocycles. The smallest absolute Gasteiger partial charge is 0.176 e. The van der Waals surface area contributed by atoms with Gasteiger partial charge in [0.05, 0.1) is 23.8 Å². The van der Waals surface area contributed by atoms with Crippen LogP contribution in [0, 0.1) is 12.3 Å². The Morgan fingerprint density at radius 2 is 2.00 bits per heavy atom. The Bertz CT molecular complexity index is 815. The minimum absolute atomic E-state index is 0.159. The van der Waals surface area contributed by atoms with Crippen molar-refractivity contribution < 1.29 is 9.47 Å². The van der Waals surface area contributed by atoms with E-state index in [2.05, 4.69) is 32.4 Å². The summed E-state index contributed by atoms with van der Waals surface area (Å²) in [5, 5.41) is 5.40. The summed E-state index contributed by atoms with van der Waals surface area (Å²) in [4.78, 5) is 0. The third-order valence-electron chi connectivity index (χ3n) is 3.25. The fourth-order valence-corrected chi connectivity index (χ4v) is 3.23. The molecule has 26 heavy (non-hydrogen) atoms. The molecule has 0 heterocycles. The maximum atomic E-state index is 6.13. The van der Waals surface area contributed by atoms with Crippen molar-refractivity contribution in [2.75, 3.05) is 13.2 Å². The van der Waals surface area contributed by atoms with E-state index in [0.717, 1.165) is 15.6 Å². The second-order valence-corrected chi connectivity index (χ2v) is 6.72. The first-order valence-electron chi connectivity index (χ1n) is 7.78. The number of terminal acetylenes is 1. The van der Waals surface area contributed by atoms with E-state index in [1.165, 1.54) is 0 Å². The molecule has 0 fully saturated rings. The lowest BCUT2D eigenvalue weighted by molar-refractivity contribution is 0.298. The van der Waals surface area contributed by atoms with Crippen molar-refractivity contribution in [1.82, 2.24) is 5.43 Å². The van der Waals surface area contributed by atoms with Gasteiger partial charge in [0.15, 0.2) is 11.5 Å². The van der Waals surface area contributed by atoms with E-state index in [1.54, 1.807) is 24.4 Å². The van der Waals surface area contributed by atoms with Crippen molar-refractivity contribution in [3.05, 3.63) is 56.0 Å². The van der Waals surface area contributed by atoms with Crippen LogP contribution in [0.2, 0.25) is 10.0 Å². The van der Waals surface area contributed by atoms with E-state index < -0.39 is 0 Å². The van der Waals surface area contributed by atoms with Crippen LogP contribution in [0.5, 0.6) is 11.5 Å². The van der Waals surface area contributed by atoms with Gasteiger partial charge in [-0.1, -0.05) is 35.2 Å². The summed E-state index contributed by atoms with van der Waals surface area (Å²) in [5.41, 5.74) is 4.56. The zero-order valence-corrected chi connectivity index (χ0v) is 17.2. The van der Waals surface area contributed by atoms with Crippen molar-refractivity contribution in [3.63, 3.8) is 0 Å². The largest absolute Gasteiger partial charge is 0.490 e. The zero-order chi connectivity index (χ0) is 18.9. The summed E-state index contributed by atoms with van der Waals surface area (Å²) in [5.74, 6) is 3.60. The van der Waals surface area contributed by atoms with Crippen LogP contribution in [0.4, 0.5) is 0 Å². The number of halogens is 3. The molecule has 0 amide bonds. The topological polar surface area (TPSA) is 42.8 Å². The quantitative estimate of drug-likeness (QED) is 0.334. The number of nitrogens with one attached hydrogen (secondary N) is 1. The summed E-state index contributed by atoms with van der Waals surface area (Å²) in [6.45, 7) is 2.97. The van der Waals surface area contributed by atoms with Crippen LogP contribution in [0.1, 0.15) is 18.1 Å². The number of hydrogen-bond acceptors (Lipinski definition) is 4. The number of hydrazone groups is 1. The summed E-state index contributed by atoms with van der Waals surface area (Å²) < 4.78 is 11.9. The molecule has 0 aliphatic rings.